The summed E-state index contributed by atoms with van der Waals surface area (Å²) in [5.41, 5.74) is 5.97. The van der Waals surface area contributed by atoms with Crippen LogP contribution in [0.15, 0.2) is 24.3 Å². The van der Waals surface area contributed by atoms with Gasteiger partial charge >= 0.3 is 6.36 Å². The van der Waals surface area contributed by atoms with Crippen LogP contribution in [0.2, 0.25) is 0 Å². The first-order chi connectivity index (χ1) is 7.88. The number of hydrogen-bond acceptors (Lipinski definition) is 3. The Morgan fingerprint density at radius 2 is 2.00 bits per heavy atom. The van der Waals surface area contributed by atoms with Gasteiger partial charge in [-0.25, -0.2) is 0 Å². The summed E-state index contributed by atoms with van der Waals surface area (Å²) in [6, 6.07) is 5.97. The molecule has 1 unspecified atom stereocenters. The third-order valence-corrected chi connectivity index (χ3v) is 1.98. The number of para-hydroxylation sites is 1. The first kappa shape index (κ1) is 13.8. The summed E-state index contributed by atoms with van der Waals surface area (Å²) in [6.07, 6.45) is -4.67. The Morgan fingerprint density at radius 3 is 2.59 bits per heavy atom. The van der Waals surface area contributed by atoms with Gasteiger partial charge in [-0.1, -0.05) is 18.2 Å². The molecule has 0 amide bonds. The highest BCUT2D eigenvalue weighted by molar-refractivity contribution is 5.33. The molecule has 0 saturated carbocycles. The van der Waals surface area contributed by atoms with E-state index in [0.29, 0.717) is 12.1 Å². The highest BCUT2D eigenvalue weighted by Gasteiger charge is 2.31. The summed E-state index contributed by atoms with van der Waals surface area (Å²) in [4.78, 5) is 0. The zero-order valence-corrected chi connectivity index (χ0v) is 9.42. The van der Waals surface area contributed by atoms with Crippen LogP contribution in [-0.2, 0) is 6.54 Å². The van der Waals surface area contributed by atoms with E-state index < -0.39 is 6.36 Å². The number of halogens is 3. The van der Waals surface area contributed by atoms with Crippen molar-refractivity contribution >= 4 is 0 Å². The zero-order valence-electron chi connectivity index (χ0n) is 9.42. The number of nitrogens with one attached hydrogen (secondary N) is 1. The van der Waals surface area contributed by atoms with Crippen molar-refractivity contribution in [2.45, 2.75) is 25.9 Å². The van der Waals surface area contributed by atoms with Crippen molar-refractivity contribution in [3.05, 3.63) is 29.8 Å². The molecule has 96 valence electrons. The Bertz CT molecular complexity index is 353. The molecule has 0 spiro atoms. The molecule has 1 aromatic rings. The minimum absolute atomic E-state index is 0.0503. The van der Waals surface area contributed by atoms with Crippen LogP contribution in [0.1, 0.15) is 12.5 Å². The van der Waals surface area contributed by atoms with Gasteiger partial charge in [-0.05, 0) is 13.0 Å². The predicted octanol–water partition coefficient (Wildman–Crippen LogP) is 2.02. The largest absolute Gasteiger partial charge is 0.573 e. The van der Waals surface area contributed by atoms with Crippen molar-refractivity contribution in [3.8, 4) is 5.75 Å². The predicted molar refractivity (Wildman–Crippen MR) is 58.5 cm³/mol. The summed E-state index contributed by atoms with van der Waals surface area (Å²) in [7, 11) is 0. The SMILES string of the molecule is CC(N)CNCc1ccccc1OC(F)(F)F. The topological polar surface area (TPSA) is 47.3 Å². The fourth-order valence-electron chi connectivity index (χ4n) is 1.31. The summed E-state index contributed by atoms with van der Waals surface area (Å²) < 4.78 is 40.2. The van der Waals surface area contributed by atoms with Gasteiger partial charge in [0, 0.05) is 24.7 Å². The van der Waals surface area contributed by atoms with Gasteiger partial charge in [-0.3, -0.25) is 0 Å². The lowest BCUT2D eigenvalue weighted by molar-refractivity contribution is -0.274. The van der Waals surface area contributed by atoms with Crippen LogP contribution in [0.5, 0.6) is 5.75 Å². The second kappa shape index (κ2) is 5.88. The van der Waals surface area contributed by atoms with Gasteiger partial charge in [-0.15, -0.1) is 13.2 Å². The molecule has 3 N–H and O–H groups in total. The van der Waals surface area contributed by atoms with Crippen molar-refractivity contribution in [2.75, 3.05) is 6.54 Å². The molecular weight excluding hydrogens is 233 g/mol. The maximum atomic E-state index is 12.1. The summed E-state index contributed by atoms with van der Waals surface area (Å²) in [5, 5.41) is 2.95. The lowest BCUT2D eigenvalue weighted by Crippen LogP contribution is -2.31. The van der Waals surface area contributed by atoms with E-state index in [0.717, 1.165) is 0 Å². The van der Waals surface area contributed by atoms with Crippen LogP contribution in [-0.4, -0.2) is 18.9 Å². The Balaban J connectivity index is 2.64. The van der Waals surface area contributed by atoms with Crippen LogP contribution < -0.4 is 15.8 Å². The third-order valence-electron chi connectivity index (χ3n) is 1.98. The quantitative estimate of drug-likeness (QED) is 0.838. The van der Waals surface area contributed by atoms with Crippen molar-refractivity contribution in [2.24, 2.45) is 5.73 Å². The fraction of sp³-hybridized carbons (Fsp3) is 0.455. The second-order valence-electron chi connectivity index (χ2n) is 3.76. The molecule has 0 aromatic heterocycles. The molecule has 0 aliphatic carbocycles. The Kier molecular flexibility index (Phi) is 4.77. The van der Waals surface area contributed by atoms with E-state index in [1.165, 1.54) is 12.1 Å². The van der Waals surface area contributed by atoms with E-state index in [1.807, 2.05) is 6.92 Å². The van der Waals surface area contributed by atoms with Crippen molar-refractivity contribution in [3.63, 3.8) is 0 Å². The molecule has 0 radical (unpaired) electrons. The Hall–Kier alpha value is -1.27. The number of hydrogen-bond donors (Lipinski definition) is 2. The van der Waals surface area contributed by atoms with E-state index in [1.54, 1.807) is 12.1 Å². The van der Waals surface area contributed by atoms with Gasteiger partial charge in [0.15, 0.2) is 0 Å². The van der Waals surface area contributed by atoms with Crippen LogP contribution in [0, 0.1) is 0 Å². The zero-order chi connectivity index (χ0) is 12.9. The van der Waals surface area contributed by atoms with Crippen LogP contribution in [0.3, 0.4) is 0 Å². The van der Waals surface area contributed by atoms with Crippen molar-refractivity contribution < 1.29 is 17.9 Å². The number of ether oxygens (including phenoxy) is 1. The molecule has 0 saturated heterocycles. The number of rotatable bonds is 5. The van der Waals surface area contributed by atoms with E-state index in [-0.39, 0.29) is 18.3 Å². The molecule has 1 aromatic carbocycles. The minimum atomic E-state index is -4.67. The molecule has 6 heteroatoms. The van der Waals surface area contributed by atoms with Crippen LogP contribution in [0.25, 0.3) is 0 Å². The van der Waals surface area contributed by atoms with Gasteiger partial charge in [-0.2, -0.15) is 0 Å². The molecule has 0 fully saturated rings. The molecule has 0 heterocycles. The number of nitrogens with two attached hydrogens (primary N) is 1. The standard InChI is InChI=1S/C11H15F3N2O/c1-8(15)6-16-7-9-4-2-3-5-10(9)17-11(12,13)14/h2-5,8,16H,6-7,15H2,1H3. The van der Waals surface area contributed by atoms with Crippen molar-refractivity contribution in [1.82, 2.24) is 5.32 Å². The smallest absolute Gasteiger partial charge is 0.405 e. The fourth-order valence-corrected chi connectivity index (χ4v) is 1.31. The average molecular weight is 248 g/mol. The highest BCUT2D eigenvalue weighted by Crippen LogP contribution is 2.25. The Morgan fingerprint density at radius 1 is 1.35 bits per heavy atom. The molecule has 3 nitrogen and oxygen atoms in total. The van der Waals surface area contributed by atoms with Gasteiger partial charge in [0.2, 0.25) is 0 Å². The lowest BCUT2D eigenvalue weighted by atomic mass is 10.2. The first-order valence-corrected chi connectivity index (χ1v) is 5.18. The van der Waals surface area contributed by atoms with E-state index >= 15 is 0 Å². The highest BCUT2D eigenvalue weighted by atomic mass is 19.4. The van der Waals surface area contributed by atoms with Gasteiger partial charge < -0.3 is 15.8 Å². The molecule has 1 rings (SSSR count). The summed E-state index contributed by atoms with van der Waals surface area (Å²) in [5.74, 6) is -0.183. The first-order valence-electron chi connectivity index (χ1n) is 5.18. The molecule has 0 aliphatic rings. The van der Waals surface area contributed by atoms with Gasteiger partial charge in [0.1, 0.15) is 5.75 Å². The molecule has 1 atom stereocenters. The molecule has 17 heavy (non-hydrogen) atoms. The van der Waals surface area contributed by atoms with Crippen molar-refractivity contribution in [1.29, 1.82) is 0 Å². The van der Waals surface area contributed by atoms with E-state index in [2.05, 4.69) is 10.1 Å². The molecular formula is C11H15F3N2O. The lowest BCUT2D eigenvalue weighted by Gasteiger charge is -2.14. The van der Waals surface area contributed by atoms with Gasteiger partial charge in [0.25, 0.3) is 0 Å². The molecule has 0 aliphatic heterocycles. The van der Waals surface area contributed by atoms with E-state index in [9.17, 15) is 13.2 Å². The monoisotopic (exact) mass is 248 g/mol. The van der Waals surface area contributed by atoms with E-state index in [4.69, 9.17) is 5.73 Å². The third kappa shape index (κ3) is 5.55. The van der Waals surface area contributed by atoms with Gasteiger partial charge in [0.05, 0.1) is 0 Å². The maximum absolute atomic E-state index is 12.1. The summed E-state index contributed by atoms with van der Waals surface area (Å²) in [6.45, 7) is 2.62. The maximum Gasteiger partial charge on any atom is 0.573 e. The number of alkyl halides is 3. The summed E-state index contributed by atoms with van der Waals surface area (Å²) >= 11 is 0. The molecule has 0 bridgehead atoms. The van der Waals surface area contributed by atoms with Crippen LogP contribution in [0.4, 0.5) is 13.2 Å². The van der Waals surface area contributed by atoms with Crippen LogP contribution >= 0.6 is 0 Å². The average Bonchev–Trinajstić information content (AvgIpc) is 2.17. The number of benzene rings is 1. The normalized spacial score (nSPS) is 13.5. The second-order valence-corrected chi connectivity index (χ2v) is 3.76. The Labute approximate surface area is 97.8 Å². The minimum Gasteiger partial charge on any atom is -0.405 e.